The molecule has 0 radical (unpaired) electrons. The van der Waals surface area contributed by atoms with E-state index in [0.717, 1.165) is 6.42 Å². The van der Waals surface area contributed by atoms with Crippen molar-refractivity contribution < 1.29 is 4.39 Å². The van der Waals surface area contributed by atoms with Crippen molar-refractivity contribution in [1.29, 1.82) is 0 Å². The van der Waals surface area contributed by atoms with Crippen LogP contribution in [0, 0.1) is 5.82 Å². The van der Waals surface area contributed by atoms with E-state index in [9.17, 15) is 4.39 Å². The lowest BCUT2D eigenvalue weighted by molar-refractivity contribution is 0.479. The summed E-state index contributed by atoms with van der Waals surface area (Å²) in [6, 6.07) is 6.67. The fourth-order valence-corrected chi connectivity index (χ4v) is 2.40. The molecule has 3 heteroatoms. The number of hydrogen-bond donors (Lipinski definition) is 0. The molecule has 0 spiro atoms. The smallest absolute Gasteiger partial charge is 0.127 e. The van der Waals surface area contributed by atoms with E-state index >= 15 is 0 Å². The first-order chi connectivity index (χ1) is 6.70. The predicted molar refractivity (Wildman–Crippen MR) is 59.8 cm³/mol. The number of alkyl halides is 2. The maximum atomic E-state index is 13.5. The van der Waals surface area contributed by atoms with Gasteiger partial charge in [-0.05, 0) is 18.1 Å². The van der Waals surface area contributed by atoms with Crippen LogP contribution in [0.5, 0.6) is 0 Å². The van der Waals surface area contributed by atoms with Crippen LogP contribution in [0.3, 0.4) is 0 Å². The lowest BCUT2D eigenvalue weighted by Gasteiger charge is -2.28. The Bertz CT molecular complexity index is 287. The van der Waals surface area contributed by atoms with Gasteiger partial charge in [0.1, 0.15) is 5.82 Å². The topological polar surface area (TPSA) is 0 Å². The van der Waals surface area contributed by atoms with E-state index < -0.39 is 5.41 Å². The number of halogens is 3. The van der Waals surface area contributed by atoms with E-state index in [1.165, 1.54) is 6.07 Å². The zero-order chi connectivity index (χ0) is 10.6. The molecule has 0 fully saturated rings. The van der Waals surface area contributed by atoms with Crippen molar-refractivity contribution in [3.63, 3.8) is 0 Å². The molecule has 1 aromatic carbocycles. The highest BCUT2D eigenvalue weighted by atomic mass is 35.5. The number of benzene rings is 1. The third kappa shape index (κ3) is 2.04. The second-order valence-electron chi connectivity index (χ2n) is 3.38. The molecule has 14 heavy (non-hydrogen) atoms. The summed E-state index contributed by atoms with van der Waals surface area (Å²) < 4.78 is 13.5. The summed E-state index contributed by atoms with van der Waals surface area (Å²) in [6.45, 7) is 1.97. The van der Waals surface area contributed by atoms with Gasteiger partial charge in [0.15, 0.2) is 0 Å². The van der Waals surface area contributed by atoms with Gasteiger partial charge in [-0.25, -0.2) is 4.39 Å². The normalized spacial score (nSPS) is 11.7. The van der Waals surface area contributed by atoms with Crippen LogP contribution in [0.1, 0.15) is 18.9 Å². The van der Waals surface area contributed by atoms with Gasteiger partial charge in [-0.3, -0.25) is 0 Å². The maximum absolute atomic E-state index is 13.5. The van der Waals surface area contributed by atoms with Crippen molar-refractivity contribution in [1.82, 2.24) is 0 Å². The standard InChI is InChI=1S/C11H13Cl2F/c1-2-11(7-12,8-13)9-5-3-4-6-10(9)14/h3-6H,2,7-8H2,1H3. The molecule has 0 N–H and O–H groups in total. The van der Waals surface area contributed by atoms with Crippen LogP contribution in [-0.4, -0.2) is 11.8 Å². The monoisotopic (exact) mass is 234 g/mol. The lowest BCUT2D eigenvalue weighted by atomic mass is 9.81. The second-order valence-corrected chi connectivity index (χ2v) is 3.92. The van der Waals surface area contributed by atoms with Crippen LogP contribution >= 0.6 is 23.2 Å². The predicted octanol–water partition coefficient (Wildman–Crippen LogP) is 3.95. The van der Waals surface area contributed by atoms with E-state index in [-0.39, 0.29) is 5.82 Å². The van der Waals surface area contributed by atoms with Gasteiger partial charge in [-0.1, -0.05) is 25.1 Å². The van der Waals surface area contributed by atoms with Crippen molar-refractivity contribution in [2.75, 3.05) is 11.8 Å². The molecule has 0 aliphatic rings. The SMILES string of the molecule is CCC(CCl)(CCl)c1ccccc1F. The first-order valence-corrected chi connectivity index (χ1v) is 5.64. The summed E-state index contributed by atoms with van der Waals surface area (Å²) in [5.41, 5.74) is 0.182. The van der Waals surface area contributed by atoms with Crippen LogP contribution in [0.4, 0.5) is 4.39 Å². The Hall–Kier alpha value is -0.270. The highest BCUT2D eigenvalue weighted by molar-refractivity contribution is 6.22. The number of rotatable bonds is 4. The second kappa shape index (κ2) is 4.99. The molecule has 0 aliphatic heterocycles. The Morgan fingerprint density at radius 1 is 1.21 bits per heavy atom. The lowest BCUT2D eigenvalue weighted by Crippen LogP contribution is -2.30. The van der Waals surface area contributed by atoms with Crippen molar-refractivity contribution in [2.45, 2.75) is 18.8 Å². The van der Waals surface area contributed by atoms with Crippen molar-refractivity contribution in [2.24, 2.45) is 0 Å². The van der Waals surface area contributed by atoms with Gasteiger partial charge in [0.25, 0.3) is 0 Å². The molecule has 0 saturated carbocycles. The molecular weight excluding hydrogens is 222 g/mol. The molecule has 1 rings (SSSR count). The minimum atomic E-state index is -0.436. The van der Waals surface area contributed by atoms with Gasteiger partial charge in [-0.15, -0.1) is 23.2 Å². The highest BCUT2D eigenvalue weighted by Crippen LogP contribution is 2.32. The van der Waals surface area contributed by atoms with Gasteiger partial charge in [0, 0.05) is 17.2 Å². The summed E-state index contributed by atoms with van der Waals surface area (Å²) in [7, 11) is 0. The van der Waals surface area contributed by atoms with Crippen LogP contribution in [-0.2, 0) is 5.41 Å². The largest absolute Gasteiger partial charge is 0.207 e. The van der Waals surface area contributed by atoms with E-state index in [0.29, 0.717) is 17.3 Å². The van der Waals surface area contributed by atoms with Gasteiger partial charge in [-0.2, -0.15) is 0 Å². The van der Waals surface area contributed by atoms with Crippen molar-refractivity contribution in [3.05, 3.63) is 35.6 Å². The zero-order valence-electron chi connectivity index (χ0n) is 8.06. The van der Waals surface area contributed by atoms with Gasteiger partial charge < -0.3 is 0 Å². The molecule has 0 heterocycles. The number of hydrogen-bond acceptors (Lipinski definition) is 0. The van der Waals surface area contributed by atoms with Gasteiger partial charge in [0.05, 0.1) is 0 Å². The van der Waals surface area contributed by atoms with Crippen LogP contribution < -0.4 is 0 Å². The molecule has 1 aromatic rings. The van der Waals surface area contributed by atoms with E-state index in [1.54, 1.807) is 12.1 Å². The first kappa shape index (κ1) is 11.8. The average Bonchev–Trinajstić information content (AvgIpc) is 2.24. The van der Waals surface area contributed by atoms with Crippen LogP contribution in [0.15, 0.2) is 24.3 Å². The van der Waals surface area contributed by atoms with Gasteiger partial charge >= 0.3 is 0 Å². The third-order valence-corrected chi connectivity index (χ3v) is 3.66. The highest BCUT2D eigenvalue weighted by Gasteiger charge is 2.30. The minimum absolute atomic E-state index is 0.226. The fraction of sp³-hybridized carbons (Fsp3) is 0.455. The van der Waals surface area contributed by atoms with Crippen molar-refractivity contribution >= 4 is 23.2 Å². The van der Waals surface area contributed by atoms with E-state index in [1.807, 2.05) is 13.0 Å². The molecule has 0 amide bonds. The summed E-state index contributed by atoms with van der Waals surface area (Å²) in [5, 5.41) is 0. The minimum Gasteiger partial charge on any atom is -0.207 e. The maximum Gasteiger partial charge on any atom is 0.127 e. The summed E-state index contributed by atoms with van der Waals surface area (Å²) >= 11 is 11.8. The summed E-state index contributed by atoms with van der Waals surface area (Å²) in [5.74, 6) is 0.456. The van der Waals surface area contributed by atoms with Crippen LogP contribution in [0.25, 0.3) is 0 Å². The first-order valence-electron chi connectivity index (χ1n) is 4.57. The zero-order valence-corrected chi connectivity index (χ0v) is 9.58. The molecule has 78 valence electrons. The molecule has 0 aromatic heterocycles. The molecule has 0 unspecified atom stereocenters. The Morgan fingerprint density at radius 2 is 1.79 bits per heavy atom. The average molecular weight is 235 g/mol. The third-order valence-electron chi connectivity index (χ3n) is 2.63. The van der Waals surface area contributed by atoms with Gasteiger partial charge in [0.2, 0.25) is 0 Å². The summed E-state index contributed by atoms with van der Waals surface area (Å²) in [6.07, 6.45) is 0.737. The fourth-order valence-electron chi connectivity index (χ4n) is 1.45. The van der Waals surface area contributed by atoms with Crippen molar-refractivity contribution in [3.8, 4) is 0 Å². The quantitative estimate of drug-likeness (QED) is 0.693. The molecule has 0 nitrogen and oxygen atoms in total. The molecular formula is C11H13Cl2F. The van der Waals surface area contributed by atoms with E-state index in [2.05, 4.69) is 0 Å². The Morgan fingerprint density at radius 3 is 2.21 bits per heavy atom. The summed E-state index contributed by atoms with van der Waals surface area (Å²) in [4.78, 5) is 0. The Labute approximate surface area is 94.0 Å². The molecule has 0 bridgehead atoms. The van der Waals surface area contributed by atoms with E-state index in [4.69, 9.17) is 23.2 Å². The Balaban J connectivity index is 3.17. The molecule has 0 atom stereocenters. The molecule has 0 aliphatic carbocycles. The molecule has 0 saturated heterocycles. The van der Waals surface area contributed by atoms with Crippen LogP contribution in [0.2, 0.25) is 0 Å². The Kier molecular flexibility index (Phi) is 4.21.